The molecule has 0 radical (unpaired) electrons. The fourth-order valence-electron chi connectivity index (χ4n) is 5.99. The second kappa shape index (κ2) is 8.42. The van der Waals surface area contributed by atoms with Crippen LogP contribution in [0.5, 0.6) is 0 Å². The molecule has 0 aromatic carbocycles. The Labute approximate surface area is 182 Å². The summed E-state index contributed by atoms with van der Waals surface area (Å²) in [5.74, 6) is 0. The van der Waals surface area contributed by atoms with Crippen molar-refractivity contribution in [3.63, 3.8) is 0 Å². The molecule has 0 aliphatic carbocycles. The zero-order chi connectivity index (χ0) is 22.4. The van der Waals surface area contributed by atoms with Crippen LogP contribution in [0.2, 0.25) is 26.7 Å². The Balaban J connectivity index is 2.45. The molecular weight excluding hydrogens is 396 g/mol. The molecule has 6 heteroatoms. The first-order valence-corrected chi connectivity index (χ1v) is 15.4. The van der Waals surface area contributed by atoms with Gasteiger partial charge >= 0.3 is 8.56 Å². The van der Waals surface area contributed by atoms with Crippen LogP contribution in [0.25, 0.3) is 0 Å². The molecule has 29 heavy (non-hydrogen) atoms. The lowest BCUT2D eigenvalue weighted by atomic mass is 10.1. The highest BCUT2D eigenvalue weighted by Crippen LogP contribution is 2.55. The van der Waals surface area contributed by atoms with Gasteiger partial charge in [-0.1, -0.05) is 83.1 Å². The van der Waals surface area contributed by atoms with Crippen LogP contribution in [0.1, 0.15) is 83.1 Å². The van der Waals surface area contributed by atoms with E-state index in [0.717, 1.165) is 0 Å². The zero-order valence-corrected chi connectivity index (χ0v) is 23.0. The first-order valence-electron chi connectivity index (χ1n) is 11.4. The molecule has 2 heterocycles. The van der Waals surface area contributed by atoms with Gasteiger partial charge in [0.05, 0.1) is 19.0 Å². The molecular formula is C23H46O4Si2. The highest BCUT2D eigenvalue weighted by molar-refractivity contribution is 6.77. The zero-order valence-electron chi connectivity index (χ0n) is 21.0. The summed E-state index contributed by atoms with van der Waals surface area (Å²) in [6, 6.07) is 0. The van der Waals surface area contributed by atoms with E-state index in [-0.39, 0.29) is 28.4 Å². The van der Waals surface area contributed by atoms with Gasteiger partial charge < -0.3 is 18.0 Å². The smallest absolute Gasteiger partial charge is 0.349 e. The lowest BCUT2D eigenvalue weighted by molar-refractivity contribution is -0.120. The van der Waals surface area contributed by atoms with E-state index in [1.807, 2.05) is 0 Å². The molecule has 1 fully saturated rings. The average Bonchev–Trinajstić information content (AvgIpc) is 2.56. The van der Waals surface area contributed by atoms with Crippen molar-refractivity contribution in [2.75, 3.05) is 6.61 Å². The summed E-state index contributed by atoms with van der Waals surface area (Å²) in [7, 11) is -4.61. The molecule has 0 bridgehead atoms. The second-order valence-corrected chi connectivity index (χ2v) is 22.1. The Bertz CT molecular complexity index is 551. The van der Waals surface area contributed by atoms with Crippen LogP contribution in [0.3, 0.4) is 0 Å². The second-order valence-electron chi connectivity index (χ2n) is 11.9. The van der Waals surface area contributed by atoms with Gasteiger partial charge in [0, 0.05) is 10.1 Å². The Kier molecular flexibility index (Phi) is 7.29. The van der Waals surface area contributed by atoms with Crippen molar-refractivity contribution in [2.45, 2.75) is 128 Å². The standard InChI is InChI=1S/C23H46O4Si2/c1-16(2)28(17(3)4,18(5)6)26-19-13-14-24-20-15-25-29(22(7,8)9,23(10,11)12)27-21(19)20/h13-14,16-21H,15H2,1-12H3/t19-,20-,21-/m1/s1. The van der Waals surface area contributed by atoms with Gasteiger partial charge in [-0.2, -0.15) is 0 Å². The van der Waals surface area contributed by atoms with E-state index in [9.17, 15) is 0 Å². The van der Waals surface area contributed by atoms with Crippen molar-refractivity contribution >= 4 is 16.9 Å². The molecule has 0 aromatic heterocycles. The quantitative estimate of drug-likeness (QED) is 0.433. The first-order chi connectivity index (χ1) is 13.1. The minimum atomic E-state index is -2.57. The largest absolute Gasteiger partial charge is 0.493 e. The molecule has 0 spiro atoms. The van der Waals surface area contributed by atoms with Crippen LogP contribution in [0.15, 0.2) is 12.3 Å². The molecule has 2 aliphatic heterocycles. The predicted molar refractivity (Wildman–Crippen MR) is 126 cm³/mol. The monoisotopic (exact) mass is 442 g/mol. The molecule has 1 saturated heterocycles. The number of fused-ring (bicyclic) bond motifs is 1. The third-order valence-corrected chi connectivity index (χ3v) is 18.2. The summed E-state index contributed by atoms with van der Waals surface area (Å²) in [5, 5.41) is -0.102. The van der Waals surface area contributed by atoms with Crippen LogP contribution >= 0.6 is 0 Å². The minimum absolute atomic E-state index is 0.0510. The van der Waals surface area contributed by atoms with Gasteiger partial charge in [-0.15, -0.1) is 0 Å². The van der Waals surface area contributed by atoms with Crippen molar-refractivity contribution < 1.29 is 18.0 Å². The van der Waals surface area contributed by atoms with Gasteiger partial charge in [0.1, 0.15) is 12.2 Å². The maximum absolute atomic E-state index is 7.17. The molecule has 0 N–H and O–H groups in total. The average molecular weight is 443 g/mol. The summed E-state index contributed by atoms with van der Waals surface area (Å²) < 4.78 is 26.8. The Morgan fingerprint density at radius 3 is 1.79 bits per heavy atom. The van der Waals surface area contributed by atoms with E-state index in [2.05, 4.69) is 89.2 Å². The summed E-state index contributed by atoms with van der Waals surface area (Å²) in [5.41, 5.74) is 1.60. The van der Waals surface area contributed by atoms with Crippen LogP contribution < -0.4 is 0 Å². The van der Waals surface area contributed by atoms with Crippen molar-refractivity contribution in [3.8, 4) is 0 Å². The molecule has 170 valence electrons. The van der Waals surface area contributed by atoms with E-state index in [1.54, 1.807) is 6.26 Å². The molecule has 0 unspecified atom stereocenters. The van der Waals surface area contributed by atoms with Gasteiger partial charge in [-0.25, -0.2) is 0 Å². The van der Waals surface area contributed by atoms with E-state index in [4.69, 9.17) is 18.0 Å². The van der Waals surface area contributed by atoms with Gasteiger partial charge in [0.15, 0.2) is 0 Å². The van der Waals surface area contributed by atoms with Gasteiger partial charge in [0.2, 0.25) is 8.32 Å². The molecule has 3 atom stereocenters. The van der Waals surface area contributed by atoms with E-state index in [1.165, 1.54) is 0 Å². The maximum atomic E-state index is 7.17. The molecule has 0 amide bonds. The molecule has 0 aromatic rings. The first kappa shape index (κ1) is 25.1. The Morgan fingerprint density at radius 1 is 0.897 bits per heavy atom. The fraction of sp³-hybridized carbons (Fsp3) is 0.913. The van der Waals surface area contributed by atoms with E-state index in [0.29, 0.717) is 23.2 Å². The van der Waals surface area contributed by atoms with E-state index < -0.39 is 16.9 Å². The van der Waals surface area contributed by atoms with E-state index >= 15 is 0 Å². The van der Waals surface area contributed by atoms with Gasteiger partial charge in [-0.05, 0) is 22.7 Å². The van der Waals surface area contributed by atoms with Crippen molar-refractivity contribution in [2.24, 2.45) is 0 Å². The SMILES string of the molecule is CC(C)[Si](O[C@@H]1C=CO[C@@H]2CO[Si](C(C)(C)C)(C(C)(C)C)O[C@H]12)(C(C)C)C(C)C. The van der Waals surface area contributed by atoms with Crippen LogP contribution in [-0.4, -0.2) is 41.8 Å². The van der Waals surface area contributed by atoms with Crippen molar-refractivity contribution in [1.82, 2.24) is 0 Å². The number of ether oxygens (including phenoxy) is 1. The Morgan fingerprint density at radius 2 is 1.38 bits per heavy atom. The normalized spacial score (nSPS) is 28.0. The highest BCUT2D eigenvalue weighted by Gasteiger charge is 2.63. The molecule has 0 saturated carbocycles. The van der Waals surface area contributed by atoms with Crippen LogP contribution in [-0.2, 0) is 18.0 Å². The summed E-state index contributed by atoms with van der Waals surface area (Å²) >= 11 is 0. The lowest BCUT2D eigenvalue weighted by Gasteiger charge is -2.56. The molecule has 4 nitrogen and oxygen atoms in total. The van der Waals surface area contributed by atoms with Crippen molar-refractivity contribution in [3.05, 3.63) is 12.3 Å². The number of hydrogen-bond acceptors (Lipinski definition) is 4. The van der Waals surface area contributed by atoms with Crippen molar-refractivity contribution in [1.29, 1.82) is 0 Å². The molecule has 2 rings (SSSR count). The molecule has 2 aliphatic rings. The maximum Gasteiger partial charge on any atom is 0.349 e. The summed E-state index contributed by atoms with van der Waals surface area (Å²) in [6.45, 7) is 28.1. The number of rotatable bonds is 5. The topological polar surface area (TPSA) is 36.9 Å². The third kappa shape index (κ3) is 4.29. The summed E-state index contributed by atoms with van der Waals surface area (Å²) in [6.07, 6.45) is 3.61. The predicted octanol–water partition coefficient (Wildman–Crippen LogP) is 6.92. The fourth-order valence-corrected chi connectivity index (χ4v) is 16.4. The highest BCUT2D eigenvalue weighted by atomic mass is 28.4. The Hall–Kier alpha value is -0.146. The number of hydrogen-bond donors (Lipinski definition) is 0. The van der Waals surface area contributed by atoms with Gasteiger partial charge in [0.25, 0.3) is 0 Å². The van der Waals surface area contributed by atoms with Gasteiger partial charge in [-0.3, -0.25) is 0 Å². The lowest BCUT2D eigenvalue weighted by Crippen LogP contribution is -2.68. The minimum Gasteiger partial charge on any atom is -0.493 e. The summed E-state index contributed by atoms with van der Waals surface area (Å²) in [4.78, 5) is 0. The van der Waals surface area contributed by atoms with Crippen LogP contribution in [0, 0.1) is 0 Å². The third-order valence-electron chi connectivity index (χ3n) is 6.99. The van der Waals surface area contributed by atoms with Crippen LogP contribution in [0.4, 0.5) is 0 Å².